The Kier molecular flexibility index (Phi) is 13.9. The minimum absolute atomic E-state index is 0.0871. The molecular weight excluding hydrogens is 661 g/mol. The quantitative estimate of drug-likeness (QED) is 0.0671. The zero-order chi connectivity index (χ0) is 36.8. The number of unbranched alkanes of at least 4 members (excludes halogenated alkanes) is 4. The first-order valence-corrected chi connectivity index (χ1v) is 16.8. The molecule has 0 aliphatic rings. The summed E-state index contributed by atoms with van der Waals surface area (Å²) in [6, 6.07) is 24.1. The fourth-order valence-electron chi connectivity index (χ4n) is 5.31. The van der Waals surface area contributed by atoms with E-state index >= 15 is 0 Å². The van der Waals surface area contributed by atoms with Crippen molar-refractivity contribution >= 4 is 29.3 Å². The maximum absolute atomic E-state index is 13.4. The van der Waals surface area contributed by atoms with Crippen molar-refractivity contribution in [3.05, 3.63) is 125 Å². The number of nitrogens with one attached hydrogen (secondary N) is 1. The number of alkyl halides is 3. The van der Waals surface area contributed by atoms with Crippen molar-refractivity contribution in [3.63, 3.8) is 0 Å². The zero-order valence-electron chi connectivity index (χ0n) is 28.6. The first kappa shape index (κ1) is 38.4. The third-order valence-corrected chi connectivity index (χ3v) is 7.90. The first-order valence-electron chi connectivity index (χ1n) is 16.8. The number of ketones is 1. The van der Waals surface area contributed by atoms with Crippen LogP contribution in [-0.4, -0.2) is 41.6 Å². The molecule has 0 saturated heterocycles. The molecule has 8 nitrogen and oxygen atoms in total. The molecule has 0 spiro atoms. The molecule has 4 rings (SSSR count). The lowest BCUT2D eigenvalue weighted by molar-refractivity contribution is -0.138. The highest BCUT2D eigenvalue weighted by Gasteiger charge is 2.33. The number of carbonyl (C=O) groups excluding carboxylic acids is 4. The van der Waals surface area contributed by atoms with Crippen LogP contribution in [0.15, 0.2) is 97.1 Å². The summed E-state index contributed by atoms with van der Waals surface area (Å²) in [6.45, 7) is 4.09. The van der Waals surface area contributed by atoms with Crippen molar-refractivity contribution in [1.82, 2.24) is 4.90 Å². The maximum Gasteiger partial charge on any atom is 0.416 e. The number of ether oxygens (including phenoxy) is 2. The van der Waals surface area contributed by atoms with Crippen molar-refractivity contribution in [2.45, 2.75) is 65.1 Å². The minimum atomic E-state index is -4.59. The molecule has 0 aliphatic heterocycles. The van der Waals surface area contributed by atoms with E-state index < -0.39 is 35.9 Å². The molecular formula is C40H41F3N2O6. The Hall–Kier alpha value is -5.45. The number of hydrogen-bond donors (Lipinski definition) is 1. The van der Waals surface area contributed by atoms with Gasteiger partial charge in [0.2, 0.25) is 5.91 Å². The van der Waals surface area contributed by atoms with E-state index in [2.05, 4.69) is 12.2 Å². The summed E-state index contributed by atoms with van der Waals surface area (Å²) in [5, 5.41) is 2.56. The van der Waals surface area contributed by atoms with Gasteiger partial charge in [-0.1, -0.05) is 62.9 Å². The van der Waals surface area contributed by atoms with E-state index in [4.69, 9.17) is 9.47 Å². The number of nitrogens with zero attached hydrogens (tertiary/aromatic N) is 1. The largest absolute Gasteiger partial charge is 0.494 e. The van der Waals surface area contributed by atoms with Crippen LogP contribution >= 0.6 is 0 Å². The van der Waals surface area contributed by atoms with Gasteiger partial charge >= 0.3 is 12.1 Å². The Balaban J connectivity index is 1.31. The fourth-order valence-corrected chi connectivity index (χ4v) is 5.31. The van der Waals surface area contributed by atoms with Crippen molar-refractivity contribution in [1.29, 1.82) is 0 Å². The topological polar surface area (TPSA) is 102 Å². The predicted molar refractivity (Wildman–Crippen MR) is 188 cm³/mol. The second-order valence-corrected chi connectivity index (χ2v) is 12.1. The van der Waals surface area contributed by atoms with Gasteiger partial charge in [-0.15, -0.1) is 0 Å². The molecule has 0 aromatic heterocycles. The Morgan fingerprint density at radius 3 is 2.02 bits per heavy atom. The molecule has 2 amide bonds. The highest BCUT2D eigenvalue weighted by Crippen LogP contribution is 2.32. The number of anilines is 1. The van der Waals surface area contributed by atoms with Gasteiger partial charge in [-0.25, -0.2) is 4.79 Å². The van der Waals surface area contributed by atoms with Crippen LogP contribution in [0, 0.1) is 0 Å². The molecule has 1 N–H and O–H groups in total. The van der Waals surface area contributed by atoms with E-state index in [9.17, 15) is 32.3 Å². The third-order valence-electron chi connectivity index (χ3n) is 7.90. The fraction of sp³-hybridized carbons (Fsp3) is 0.300. The van der Waals surface area contributed by atoms with Crippen molar-refractivity contribution in [3.8, 4) is 11.5 Å². The summed E-state index contributed by atoms with van der Waals surface area (Å²) >= 11 is 0. The Labute approximate surface area is 295 Å². The lowest BCUT2D eigenvalue weighted by Crippen LogP contribution is -2.34. The summed E-state index contributed by atoms with van der Waals surface area (Å²) in [4.78, 5) is 52.0. The van der Waals surface area contributed by atoms with Crippen LogP contribution in [0.2, 0.25) is 0 Å². The van der Waals surface area contributed by atoms with Gasteiger partial charge in [0.25, 0.3) is 5.91 Å². The number of carbonyl (C=O) groups is 4. The number of hydrogen-bond acceptors (Lipinski definition) is 6. The lowest BCUT2D eigenvalue weighted by Gasteiger charge is -2.22. The smallest absolute Gasteiger partial charge is 0.416 e. The van der Waals surface area contributed by atoms with E-state index in [0.717, 1.165) is 18.9 Å². The van der Waals surface area contributed by atoms with Gasteiger partial charge < -0.3 is 19.7 Å². The van der Waals surface area contributed by atoms with Gasteiger partial charge in [-0.3, -0.25) is 14.4 Å². The Bertz CT molecular complexity index is 1770. The van der Waals surface area contributed by atoms with Gasteiger partial charge in [0.05, 0.1) is 30.7 Å². The molecule has 0 heterocycles. The van der Waals surface area contributed by atoms with Crippen molar-refractivity contribution in [2.75, 3.05) is 18.5 Å². The van der Waals surface area contributed by atoms with Gasteiger partial charge in [0.15, 0.2) is 0 Å². The zero-order valence-corrected chi connectivity index (χ0v) is 28.6. The molecule has 0 aliphatic carbocycles. The van der Waals surface area contributed by atoms with Crippen LogP contribution < -0.4 is 14.8 Å². The summed E-state index contributed by atoms with van der Waals surface area (Å²) < 4.78 is 51.2. The van der Waals surface area contributed by atoms with Crippen LogP contribution in [0.3, 0.4) is 0 Å². The summed E-state index contributed by atoms with van der Waals surface area (Å²) in [5.74, 6) is -0.872. The minimum Gasteiger partial charge on any atom is -0.494 e. The SMILES string of the molecule is CCCCCCCOc1ccc(C(=O)Oc2ccc(CN(CC(C)=O)C(=O)c3ccc(NC(=O)Cc4ccccc4C(F)(F)F)cc3)cc2)cc1. The van der Waals surface area contributed by atoms with E-state index in [-0.39, 0.29) is 30.0 Å². The van der Waals surface area contributed by atoms with Crippen LogP contribution in [0.1, 0.15) is 83.4 Å². The van der Waals surface area contributed by atoms with E-state index in [1.165, 1.54) is 73.6 Å². The predicted octanol–water partition coefficient (Wildman–Crippen LogP) is 8.69. The molecule has 51 heavy (non-hydrogen) atoms. The number of halogens is 3. The van der Waals surface area contributed by atoms with E-state index in [0.29, 0.717) is 34.9 Å². The van der Waals surface area contributed by atoms with Crippen molar-refractivity contribution < 1.29 is 41.8 Å². The lowest BCUT2D eigenvalue weighted by atomic mass is 10.0. The number of amides is 2. The van der Waals surface area contributed by atoms with E-state index in [1.807, 2.05) is 0 Å². The highest BCUT2D eigenvalue weighted by molar-refractivity contribution is 5.98. The molecule has 0 unspecified atom stereocenters. The monoisotopic (exact) mass is 702 g/mol. The highest BCUT2D eigenvalue weighted by atomic mass is 19.4. The molecule has 4 aromatic carbocycles. The van der Waals surface area contributed by atoms with Gasteiger partial charge in [-0.2, -0.15) is 13.2 Å². The second kappa shape index (κ2) is 18.5. The second-order valence-electron chi connectivity index (χ2n) is 12.1. The van der Waals surface area contributed by atoms with Crippen LogP contribution in [0.4, 0.5) is 18.9 Å². The molecule has 0 saturated carbocycles. The standard InChI is InChI=1S/C40H41F3N2O6/c1-3-4-5-6-9-24-50-34-22-16-31(17-23-34)39(49)51-35-20-12-29(13-21-35)27-45(26-28(2)46)38(48)30-14-18-33(19-15-30)44-37(47)25-32-10-7-8-11-36(32)40(41,42)43/h7-8,10-23H,3-6,9,24-27H2,1-2H3,(H,44,47). The van der Waals surface area contributed by atoms with E-state index in [1.54, 1.807) is 48.5 Å². The normalized spacial score (nSPS) is 11.1. The first-order chi connectivity index (χ1) is 24.4. The van der Waals surface area contributed by atoms with Crippen molar-refractivity contribution in [2.24, 2.45) is 0 Å². The van der Waals surface area contributed by atoms with Crippen LogP contribution in [0.25, 0.3) is 0 Å². The van der Waals surface area contributed by atoms with Gasteiger partial charge in [0.1, 0.15) is 17.3 Å². The molecule has 0 atom stereocenters. The van der Waals surface area contributed by atoms with Crippen LogP contribution in [-0.2, 0) is 28.7 Å². The molecule has 11 heteroatoms. The third kappa shape index (κ3) is 12.1. The molecule has 268 valence electrons. The molecule has 0 fully saturated rings. The van der Waals surface area contributed by atoms with Gasteiger partial charge in [-0.05, 0) is 91.2 Å². The summed E-state index contributed by atoms with van der Waals surface area (Å²) in [7, 11) is 0. The molecule has 4 aromatic rings. The van der Waals surface area contributed by atoms with Gasteiger partial charge in [0, 0.05) is 17.8 Å². The number of rotatable bonds is 17. The Morgan fingerprint density at radius 1 is 0.745 bits per heavy atom. The Morgan fingerprint density at radius 2 is 1.37 bits per heavy atom. The average Bonchev–Trinajstić information content (AvgIpc) is 3.10. The summed E-state index contributed by atoms with van der Waals surface area (Å²) in [6.07, 6.45) is 0.635. The number of Topliss-reactive ketones (excluding diaryl/α,β-unsaturated/α-hetero) is 1. The average molecular weight is 703 g/mol. The molecule has 0 radical (unpaired) electrons. The number of esters is 1. The van der Waals surface area contributed by atoms with Crippen LogP contribution in [0.5, 0.6) is 11.5 Å². The number of benzene rings is 4. The summed E-state index contributed by atoms with van der Waals surface area (Å²) in [5.41, 5.74) is 0.554. The molecule has 0 bridgehead atoms. The maximum atomic E-state index is 13.4.